The molecule has 0 spiro atoms. The number of fused-ring (bicyclic) bond motifs is 1. The summed E-state index contributed by atoms with van der Waals surface area (Å²) in [6, 6.07) is 8.54. The molecule has 7 nitrogen and oxygen atoms in total. The highest BCUT2D eigenvalue weighted by Gasteiger charge is 2.30. The predicted molar refractivity (Wildman–Crippen MR) is 113 cm³/mol. The van der Waals surface area contributed by atoms with Crippen molar-refractivity contribution in [3.05, 3.63) is 47.3 Å². The molecule has 0 saturated carbocycles. The SMILES string of the molecule is COc1cccc(O[C@@H](C)C(=O)N2CCC(c3cc(C(F)F)c4c(C)noc4n3)CC2)c1. The number of pyridine rings is 1. The third-order valence-electron chi connectivity index (χ3n) is 5.83. The number of carbonyl (C=O) groups excluding carboxylic acids is 1. The van der Waals surface area contributed by atoms with E-state index < -0.39 is 12.5 Å². The molecular weight excluding hydrogens is 420 g/mol. The number of halogens is 2. The maximum absolute atomic E-state index is 13.6. The van der Waals surface area contributed by atoms with E-state index in [-0.39, 0.29) is 28.5 Å². The first-order valence-electron chi connectivity index (χ1n) is 10.5. The lowest BCUT2D eigenvalue weighted by atomic mass is 9.91. The lowest BCUT2D eigenvalue weighted by Gasteiger charge is -2.33. The summed E-state index contributed by atoms with van der Waals surface area (Å²) >= 11 is 0. The van der Waals surface area contributed by atoms with Crippen molar-refractivity contribution in [3.8, 4) is 11.5 Å². The second-order valence-corrected chi connectivity index (χ2v) is 7.92. The van der Waals surface area contributed by atoms with Gasteiger partial charge in [-0.25, -0.2) is 13.8 Å². The molecule has 1 amide bonds. The number of aryl methyl sites for hydroxylation is 1. The minimum atomic E-state index is -2.64. The molecule has 3 aromatic rings. The molecule has 1 aliphatic rings. The Morgan fingerprint density at radius 3 is 2.62 bits per heavy atom. The van der Waals surface area contributed by atoms with Gasteiger partial charge in [-0.3, -0.25) is 4.79 Å². The van der Waals surface area contributed by atoms with Gasteiger partial charge in [0.05, 0.1) is 18.2 Å². The highest BCUT2D eigenvalue weighted by atomic mass is 19.3. The molecule has 32 heavy (non-hydrogen) atoms. The zero-order chi connectivity index (χ0) is 22.8. The average Bonchev–Trinajstić information content (AvgIpc) is 3.18. The van der Waals surface area contributed by atoms with E-state index in [4.69, 9.17) is 14.0 Å². The lowest BCUT2D eigenvalue weighted by Crippen LogP contribution is -2.44. The Morgan fingerprint density at radius 1 is 1.22 bits per heavy atom. The van der Waals surface area contributed by atoms with Gasteiger partial charge in [0.25, 0.3) is 18.0 Å². The zero-order valence-corrected chi connectivity index (χ0v) is 18.2. The third-order valence-corrected chi connectivity index (χ3v) is 5.83. The summed E-state index contributed by atoms with van der Waals surface area (Å²) in [5, 5.41) is 4.06. The summed E-state index contributed by atoms with van der Waals surface area (Å²) in [6.07, 6.45) is -2.07. The summed E-state index contributed by atoms with van der Waals surface area (Å²) < 4.78 is 43.3. The molecule has 0 N–H and O–H groups in total. The summed E-state index contributed by atoms with van der Waals surface area (Å²) in [4.78, 5) is 19.0. The van der Waals surface area contributed by atoms with Crippen molar-refractivity contribution in [2.75, 3.05) is 20.2 Å². The van der Waals surface area contributed by atoms with E-state index >= 15 is 0 Å². The van der Waals surface area contributed by atoms with Gasteiger partial charge in [0.2, 0.25) is 0 Å². The Labute approximate surface area is 184 Å². The Kier molecular flexibility index (Phi) is 6.25. The molecule has 3 heterocycles. The fourth-order valence-electron chi connectivity index (χ4n) is 4.11. The Morgan fingerprint density at radius 2 is 1.94 bits per heavy atom. The van der Waals surface area contributed by atoms with Crippen molar-refractivity contribution in [2.24, 2.45) is 0 Å². The number of hydrogen-bond donors (Lipinski definition) is 0. The van der Waals surface area contributed by atoms with Gasteiger partial charge in [-0.1, -0.05) is 11.2 Å². The number of piperidine rings is 1. The van der Waals surface area contributed by atoms with Gasteiger partial charge in [-0.05, 0) is 44.9 Å². The topological polar surface area (TPSA) is 77.7 Å². The van der Waals surface area contributed by atoms with E-state index in [1.165, 1.54) is 6.07 Å². The Balaban J connectivity index is 1.42. The highest BCUT2D eigenvalue weighted by Crippen LogP contribution is 2.35. The van der Waals surface area contributed by atoms with Crippen LogP contribution in [-0.4, -0.2) is 47.3 Å². The van der Waals surface area contributed by atoms with Gasteiger partial charge >= 0.3 is 0 Å². The number of aromatic nitrogens is 2. The van der Waals surface area contributed by atoms with E-state index in [0.29, 0.717) is 48.8 Å². The van der Waals surface area contributed by atoms with Crippen LogP contribution in [-0.2, 0) is 4.79 Å². The van der Waals surface area contributed by atoms with Crippen molar-refractivity contribution >= 4 is 17.0 Å². The summed E-state index contributed by atoms with van der Waals surface area (Å²) in [5.74, 6) is 1.05. The summed E-state index contributed by atoms with van der Waals surface area (Å²) in [6.45, 7) is 4.32. The second-order valence-electron chi connectivity index (χ2n) is 7.92. The maximum atomic E-state index is 13.6. The first-order chi connectivity index (χ1) is 15.4. The van der Waals surface area contributed by atoms with Crippen molar-refractivity contribution in [3.63, 3.8) is 0 Å². The monoisotopic (exact) mass is 445 g/mol. The van der Waals surface area contributed by atoms with E-state index in [0.717, 1.165) is 0 Å². The largest absolute Gasteiger partial charge is 0.497 e. The van der Waals surface area contributed by atoms with Crippen LogP contribution in [0.25, 0.3) is 11.1 Å². The highest BCUT2D eigenvalue weighted by molar-refractivity contribution is 5.81. The molecule has 0 unspecified atom stereocenters. The van der Waals surface area contributed by atoms with Crippen LogP contribution in [0.2, 0.25) is 0 Å². The molecular formula is C23H25F2N3O4. The number of benzene rings is 1. The Hall–Kier alpha value is -3.23. The van der Waals surface area contributed by atoms with Crippen LogP contribution >= 0.6 is 0 Å². The maximum Gasteiger partial charge on any atom is 0.264 e. The standard InChI is InChI=1S/C23H25F2N3O4/c1-13-20-18(21(24)25)12-19(26-22(20)32-27-13)15-7-9-28(10-8-15)23(29)14(2)31-17-6-4-5-16(11-17)30-3/h4-6,11-12,14-15,21H,7-10H2,1-3H3/t14-/m0/s1. The van der Waals surface area contributed by atoms with E-state index in [2.05, 4.69) is 10.1 Å². The smallest absolute Gasteiger partial charge is 0.264 e. The van der Waals surface area contributed by atoms with Gasteiger partial charge in [0, 0.05) is 36.3 Å². The van der Waals surface area contributed by atoms with E-state index in [1.54, 1.807) is 50.1 Å². The number of methoxy groups -OCH3 is 1. The first-order valence-corrected chi connectivity index (χ1v) is 10.5. The average molecular weight is 445 g/mol. The molecule has 4 rings (SSSR count). The number of nitrogens with zero attached hydrogens (tertiary/aromatic N) is 3. The first kappa shape index (κ1) is 22.0. The summed E-state index contributed by atoms with van der Waals surface area (Å²) in [7, 11) is 1.57. The van der Waals surface area contributed by atoms with Gasteiger partial charge in [0.15, 0.2) is 6.10 Å². The third kappa shape index (κ3) is 4.37. The van der Waals surface area contributed by atoms with Crippen molar-refractivity contribution in [2.45, 2.75) is 45.1 Å². The second kappa shape index (κ2) is 9.10. The minimum absolute atomic E-state index is 0.0408. The van der Waals surface area contributed by atoms with Crippen molar-refractivity contribution < 1.29 is 27.6 Å². The van der Waals surface area contributed by atoms with Crippen LogP contribution in [0.4, 0.5) is 8.78 Å². The van der Waals surface area contributed by atoms with Gasteiger partial charge in [0.1, 0.15) is 11.5 Å². The minimum Gasteiger partial charge on any atom is -0.497 e. The molecule has 0 bridgehead atoms. The number of hydrogen-bond acceptors (Lipinski definition) is 6. The molecule has 9 heteroatoms. The molecule has 1 fully saturated rings. The summed E-state index contributed by atoms with van der Waals surface area (Å²) in [5.41, 5.74) is 0.980. The molecule has 2 aromatic heterocycles. The quantitative estimate of drug-likeness (QED) is 0.550. The molecule has 1 saturated heterocycles. The number of likely N-dealkylation sites (tertiary alicyclic amines) is 1. The fraction of sp³-hybridized carbons (Fsp3) is 0.435. The molecule has 170 valence electrons. The van der Waals surface area contributed by atoms with Gasteiger partial charge in [-0.15, -0.1) is 0 Å². The van der Waals surface area contributed by atoms with E-state index in [1.807, 2.05) is 0 Å². The predicted octanol–water partition coefficient (Wildman–Crippen LogP) is 4.65. The molecule has 0 aliphatic carbocycles. The normalized spacial score (nSPS) is 15.9. The van der Waals surface area contributed by atoms with Crippen LogP contribution in [0, 0.1) is 6.92 Å². The number of rotatable bonds is 6. The van der Waals surface area contributed by atoms with E-state index in [9.17, 15) is 13.6 Å². The van der Waals surface area contributed by atoms with Crippen molar-refractivity contribution in [1.29, 1.82) is 0 Å². The van der Waals surface area contributed by atoms with Crippen LogP contribution < -0.4 is 9.47 Å². The number of alkyl halides is 2. The molecule has 1 aliphatic heterocycles. The Bertz CT molecular complexity index is 1110. The van der Waals surface area contributed by atoms with Gasteiger partial charge in [-0.2, -0.15) is 0 Å². The van der Waals surface area contributed by atoms with Crippen LogP contribution in [0.15, 0.2) is 34.9 Å². The molecule has 0 radical (unpaired) electrons. The van der Waals surface area contributed by atoms with Crippen LogP contribution in [0.1, 0.15) is 49.1 Å². The zero-order valence-electron chi connectivity index (χ0n) is 18.2. The number of carbonyl (C=O) groups is 1. The van der Waals surface area contributed by atoms with Crippen LogP contribution in [0.3, 0.4) is 0 Å². The van der Waals surface area contributed by atoms with Crippen LogP contribution in [0.5, 0.6) is 11.5 Å². The number of ether oxygens (including phenoxy) is 2. The molecule has 1 atom stereocenters. The fourth-order valence-corrected chi connectivity index (χ4v) is 4.11. The van der Waals surface area contributed by atoms with Crippen molar-refractivity contribution in [1.82, 2.24) is 15.0 Å². The molecule has 1 aromatic carbocycles. The van der Waals surface area contributed by atoms with Gasteiger partial charge < -0.3 is 18.9 Å². The lowest BCUT2D eigenvalue weighted by molar-refractivity contribution is -0.139. The number of amides is 1.